The first-order valence-electron chi connectivity index (χ1n) is 7.92. The van der Waals surface area contributed by atoms with Crippen LogP contribution in [0.15, 0.2) is 30.6 Å². The SMILES string of the molecule is Cc1cccc(C)c1NC(=O)c1cc(C2CCOCC2)ncn1. The molecule has 120 valence electrons. The Morgan fingerprint density at radius 2 is 1.87 bits per heavy atom. The van der Waals surface area contributed by atoms with Crippen molar-refractivity contribution in [2.45, 2.75) is 32.6 Å². The lowest BCUT2D eigenvalue weighted by molar-refractivity contribution is 0.0844. The van der Waals surface area contributed by atoms with Gasteiger partial charge in [0.25, 0.3) is 5.91 Å². The number of nitrogens with zero attached hydrogens (tertiary/aromatic N) is 2. The number of hydrogen-bond donors (Lipinski definition) is 1. The van der Waals surface area contributed by atoms with Crippen LogP contribution >= 0.6 is 0 Å². The van der Waals surface area contributed by atoms with Gasteiger partial charge in [-0.1, -0.05) is 18.2 Å². The summed E-state index contributed by atoms with van der Waals surface area (Å²) >= 11 is 0. The normalized spacial score (nSPS) is 15.4. The number of para-hydroxylation sites is 1. The van der Waals surface area contributed by atoms with Crippen LogP contribution in [0.5, 0.6) is 0 Å². The second-order valence-corrected chi connectivity index (χ2v) is 5.94. The second-order valence-electron chi connectivity index (χ2n) is 5.94. The highest BCUT2D eigenvalue weighted by Crippen LogP contribution is 2.25. The summed E-state index contributed by atoms with van der Waals surface area (Å²) in [7, 11) is 0. The molecule has 2 heterocycles. The summed E-state index contributed by atoms with van der Waals surface area (Å²) in [6.07, 6.45) is 3.36. The molecule has 23 heavy (non-hydrogen) atoms. The minimum absolute atomic E-state index is 0.196. The summed E-state index contributed by atoms with van der Waals surface area (Å²) in [6, 6.07) is 7.75. The average molecular weight is 311 g/mol. The predicted octanol–water partition coefficient (Wildman–Crippen LogP) is 3.24. The maximum Gasteiger partial charge on any atom is 0.274 e. The van der Waals surface area contributed by atoms with E-state index >= 15 is 0 Å². The zero-order valence-electron chi connectivity index (χ0n) is 13.5. The zero-order chi connectivity index (χ0) is 16.2. The van der Waals surface area contributed by atoms with Crippen LogP contribution in [0.4, 0.5) is 5.69 Å². The van der Waals surface area contributed by atoms with Crippen molar-refractivity contribution in [2.75, 3.05) is 18.5 Å². The highest BCUT2D eigenvalue weighted by Gasteiger charge is 2.19. The first kappa shape index (κ1) is 15.6. The molecule has 1 saturated heterocycles. The molecule has 1 aromatic carbocycles. The molecule has 1 fully saturated rings. The number of rotatable bonds is 3. The zero-order valence-corrected chi connectivity index (χ0v) is 13.5. The Labute approximate surface area is 136 Å². The Kier molecular flexibility index (Phi) is 4.67. The molecule has 0 spiro atoms. The molecule has 5 heteroatoms. The van der Waals surface area contributed by atoms with Crippen LogP contribution in [0.1, 0.15) is 46.1 Å². The number of amides is 1. The fourth-order valence-electron chi connectivity index (χ4n) is 2.90. The molecule has 5 nitrogen and oxygen atoms in total. The van der Waals surface area contributed by atoms with Crippen LogP contribution in [0.25, 0.3) is 0 Å². The van der Waals surface area contributed by atoms with Gasteiger partial charge in [0.05, 0.1) is 0 Å². The average Bonchev–Trinajstić information content (AvgIpc) is 2.59. The van der Waals surface area contributed by atoms with Gasteiger partial charge in [0.1, 0.15) is 12.0 Å². The van der Waals surface area contributed by atoms with E-state index in [0.29, 0.717) is 11.6 Å². The number of nitrogens with one attached hydrogen (secondary N) is 1. The molecule has 1 aliphatic heterocycles. The van der Waals surface area contributed by atoms with E-state index in [-0.39, 0.29) is 5.91 Å². The van der Waals surface area contributed by atoms with Crippen LogP contribution in [-0.4, -0.2) is 29.1 Å². The third-order valence-corrected chi connectivity index (χ3v) is 4.28. The van der Waals surface area contributed by atoms with E-state index in [1.807, 2.05) is 32.0 Å². The molecule has 0 unspecified atom stereocenters. The maximum atomic E-state index is 12.5. The summed E-state index contributed by atoms with van der Waals surface area (Å²) < 4.78 is 5.38. The van der Waals surface area contributed by atoms with Crippen molar-refractivity contribution in [3.63, 3.8) is 0 Å². The first-order valence-corrected chi connectivity index (χ1v) is 7.92. The fourth-order valence-corrected chi connectivity index (χ4v) is 2.90. The predicted molar refractivity (Wildman–Crippen MR) is 88.7 cm³/mol. The molecule has 0 bridgehead atoms. The molecule has 0 saturated carbocycles. The Hall–Kier alpha value is -2.27. The molecule has 0 atom stereocenters. The monoisotopic (exact) mass is 311 g/mol. The summed E-state index contributed by atoms with van der Waals surface area (Å²) in [5.41, 5.74) is 4.26. The second kappa shape index (κ2) is 6.87. The van der Waals surface area contributed by atoms with Gasteiger partial charge >= 0.3 is 0 Å². The number of hydrogen-bond acceptors (Lipinski definition) is 4. The molecule has 1 aliphatic rings. The molecule has 3 rings (SSSR count). The number of ether oxygens (including phenoxy) is 1. The van der Waals surface area contributed by atoms with Gasteiger partial charge in [-0.15, -0.1) is 0 Å². The van der Waals surface area contributed by atoms with Gasteiger partial charge in [-0.3, -0.25) is 4.79 Å². The summed E-state index contributed by atoms with van der Waals surface area (Å²) in [4.78, 5) is 21.0. The maximum absolute atomic E-state index is 12.5. The van der Waals surface area contributed by atoms with E-state index in [9.17, 15) is 4.79 Å². The highest BCUT2D eigenvalue weighted by molar-refractivity contribution is 6.03. The van der Waals surface area contributed by atoms with Crippen molar-refractivity contribution in [3.05, 3.63) is 53.1 Å². The largest absolute Gasteiger partial charge is 0.381 e. The van der Waals surface area contributed by atoms with Crippen molar-refractivity contribution in [1.29, 1.82) is 0 Å². The summed E-state index contributed by atoms with van der Waals surface area (Å²) in [5, 5.41) is 2.97. The van der Waals surface area contributed by atoms with Gasteiger partial charge in [0.2, 0.25) is 0 Å². The Bertz CT molecular complexity index is 689. The molecular formula is C18H21N3O2. The van der Waals surface area contributed by atoms with Crippen molar-refractivity contribution in [3.8, 4) is 0 Å². The third-order valence-electron chi connectivity index (χ3n) is 4.28. The number of aromatic nitrogens is 2. The van der Waals surface area contributed by atoms with Crippen molar-refractivity contribution >= 4 is 11.6 Å². The van der Waals surface area contributed by atoms with Crippen LogP contribution in [0.3, 0.4) is 0 Å². The molecule has 2 aromatic rings. The molecular weight excluding hydrogens is 290 g/mol. The van der Waals surface area contributed by atoms with Crippen LogP contribution in [-0.2, 0) is 4.74 Å². The van der Waals surface area contributed by atoms with E-state index in [4.69, 9.17) is 4.74 Å². The van der Waals surface area contributed by atoms with Crippen LogP contribution in [0, 0.1) is 13.8 Å². The van der Waals surface area contributed by atoms with Crippen molar-refractivity contribution in [2.24, 2.45) is 0 Å². The van der Waals surface area contributed by atoms with Gasteiger partial charge in [-0.05, 0) is 43.9 Å². The number of aryl methyl sites for hydroxylation is 2. The lowest BCUT2D eigenvalue weighted by Gasteiger charge is -2.21. The van der Waals surface area contributed by atoms with Gasteiger partial charge in [0, 0.05) is 30.5 Å². The number of carbonyl (C=O) groups excluding carboxylic acids is 1. The quantitative estimate of drug-likeness (QED) is 0.945. The molecule has 0 radical (unpaired) electrons. The van der Waals surface area contributed by atoms with Gasteiger partial charge in [0.15, 0.2) is 0 Å². The minimum atomic E-state index is -0.196. The Balaban J connectivity index is 1.80. The van der Waals surface area contributed by atoms with Gasteiger partial charge < -0.3 is 10.1 Å². The lowest BCUT2D eigenvalue weighted by atomic mass is 9.96. The molecule has 1 N–H and O–H groups in total. The van der Waals surface area contributed by atoms with E-state index < -0.39 is 0 Å². The summed E-state index contributed by atoms with van der Waals surface area (Å²) in [5.74, 6) is 0.150. The van der Waals surface area contributed by atoms with E-state index in [0.717, 1.165) is 48.6 Å². The smallest absolute Gasteiger partial charge is 0.274 e. The molecule has 1 amide bonds. The van der Waals surface area contributed by atoms with Crippen LogP contribution in [0.2, 0.25) is 0 Å². The summed E-state index contributed by atoms with van der Waals surface area (Å²) in [6.45, 7) is 5.46. The number of benzene rings is 1. The van der Waals surface area contributed by atoms with Crippen molar-refractivity contribution in [1.82, 2.24) is 9.97 Å². The Morgan fingerprint density at radius 3 is 2.57 bits per heavy atom. The topological polar surface area (TPSA) is 64.1 Å². The lowest BCUT2D eigenvalue weighted by Crippen LogP contribution is -2.18. The van der Waals surface area contributed by atoms with Gasteiger partial charge in [-0.2, -0.15) is 0 Å². The molecule has 0 aliphatic carbocycles. The van der Waals surface area contributed by atoms with Gasteiger partial charge in [-0.25, -0.2) is 9.97 Å². The Morgan fingerprint density at radius 1 is 1.17 bits per heavy atom. The van der Waals surface area contributed by atoms with E-state index in [1.54, 1.807) is 6.07 Å². The number of anilines is 1. The van der Waals surface area contributed by atoms with E-state index in [1.165, 1.54) is 6.33 Å². The first-order chi connectivity index (χ1) is 11.1. The molecule has 1 aromatic heterocycles. The minimum Gasteiger partial charge on any atom is -0.381 e. The highest BCUT2D eigenvalue weighted by atomic mass is 16.5. The third kappa shape index (κ3) is 3.56. The van der Waals surface area contributed by atoms with Crippen molar-refractivity contribution < 1.29 is 9.53 Å². The van der Waals surface area contributed by atoms with Crippen LogP contribution < -0.4 is 5.32 Å². The van der Waals surface area contributed by atoms with E-state index in [2.05, 4.69) is 15.3 Å². The standard InChI is InChI=1S/C18H21N3O2/c1-12-4-3-5-13(2)17(12)21-18(22)16-10-15(19-11-20-16)14-6-8-23-9-7-14/h3-5,10-11,14H,6-9H2,1-2H3,(H,21,22). The fraction of sp³-hybridized carbons (Fsp3) is 0.389. The number of carbonyl (C=O) groups is 1.